The number of urea groups is 1. The maximum absolute atomic E-state index is 14.0. The molecular weight excluding hydrogens is 499 g/mol. The maximum Gasteiger partial charge on any atom is 0.321 e. The largest absolute Gasteiger partial charge is 0.472 e. The van der Waals surface area contributed by atoms with E-state index in [-0.39, 0.29) is 42.1 Å². The quantitative estimate of drug-likeness (QED) is 0.457. The predicted molar refractivity (Wildman–Crippen MR) is 149 cm³/mol. The number of para-hydroxylation sites is 1. The van der Waals surface area contributed by atoms with Gasteiger partial charge in [-0.25, -0.2) is 14.2 Å². The van der Waals surface area contributed by atoms with Crippen LogP contribution in [0.4, 0.5) is 14.9 Å². The Bertz CT molecular complexity index is 1330. The SMILES string of the molecule is C[C@@H]1CN([C@@H](C)CO)C(=O)c2cc(/C=C/c3ccccc3)cnc2O[C@@H]1CN(C)C(=O)Nc1ccccc1F. The van der Waals surface area contributed by atoms with Crippen molar-refractivity contribution in [3.05, 3.63) is 89.4 Å². The van der Waals surface area contributed by atoms with Gasteiger partial charge in [0, 0.05) is 25.7 Å². The van der Waals surface area contributed by atoms with Crippen molar-refractivity contribution in [1.82, 2.24) is 14.8 Å². The van der Waals surface area contributed by atoms with Gasteiger partial charge in [0.2, 0.25) is 5.88 Å². The number of nitrogens with zero attached hydrogens (tertiary/aromatic N) is 3. The Labute approximate surface area is 227 Å². The van der Waals surface area contributed by atoms with E-state index in [1.54, 1.807) is 43.3 Å². The molecule has 2 N–H and O–H groups in total. The molecule has 204 valence electrons. The molecule has 2 aromatic carbocycles. The number of ether oxygens (including phenoxy) is 1. The van der Waals surface area contributed by atoms with Crippen LogP contribution in [0.5, 0.6) is 5.88 Å². The number of hydrogen-bond donors (Lipinski definition) is 2. The molecule has 1 aromatic heterocycles. The smallest absolute Gasteiger partial charge is 0.321 e. The summed E-state index contributed by atoms with van der Waals surface area (Å²) in [7, 11) is 1.59. The number of pyridine rings is 1. The first-order valence-corrected chi connectivity index (χ1v) is 12.8. The molecule has 3 atom stereocenters. The lowest BCUT2D eigenvalue weighted by molar-refractivity contribution is 0.0356. The molecule has 1 aliphatic rings. The molecule has 0 bridgehead atoms. The molecule has 3 amide bonds. The number of aromatic nitrogens is 1. The number of hydrogen-bond acceptors (Lipinski definition) is 5. The van der Waals surface area contributed by atoms with Gasteiger partial charge in [0.05, 0.1) is 24.9 Å². The van der Waals surface area contributed by atoms with Gasteiger partial charge in [-0.15, -0.1) is 0 Å². The Morgan fingerprint density at radius 3 is 2.62 bits per heavy atom. The normalized spacial score (nSPS) is 18.1. The Hall–Kier alpha value is -4.24. The van der Waals surface area contributed by atoms with Gasteiger partial charge in [0.15, 0.2) is 0 Å². The summed E-state index contributed by atoms with van der Waals surface area (Å²) in [5.74, 6) is -0.868. The van der Waals surface area contributed by atoms with E-state index in [1.807, 2.05) is 49.4 Å². The molecule has 9 heteroatoms. The number of fused-ring (bicyclic) bond motifs is 1. The van der Waals surface area contributed by atoms with Crippen molar-refractivity contribution >= 4 is 29.8 Å². The maximum atomic E-state index is 14.0. The molecule has 3 aromatic rings. The second kappa shape index (κ2) is 12.5. The average Bonchev–Trinajstić information content (AvgIpc) is 2.95. The number of rotatable bonds is 7. The van der Waals surface area contributed by atoms with Crippen LogP contribution < -0.4 is 10.1 Å². The number of aliphatic hydroxyl groups excluding tert-OH is 1. The summed E-state index contributed by atoms with van der Waals surface area (Å²) < 4.78 is 20.3. The number of carbonyl (C=O) groups is 2. The summed E-state index contributed by atoms with van der Waals surface area (Å²) in [6.45, 7) is 3.96. The van der Waals surface area contributed by atoms with Crippen LogP contribution in [0, 0.1) is 11.7 Å². The lowest BCUT2D eigenvalue weighted by Crippen LogP contribution is -2.50. The third kappa shape index (κ3) is 6.80. The van der Waals surface area contributed by atoms with Crippen LogP contribution in [0.25, 0.3) is 12.2 Å². The summed E-state index contributed by atoms with van der Waals surface area (Å²) in [4.78, 5) is 33.9. The van der Waals surface area contributed by atoms with Crippen molar-refractivity contribution < 1.29 is 23.8 Å². The minimum absolute atomic E-state index is 0.0811. The zero-order valence-electron chi connectivity index (χ0n) is 22.3. The molecule has 8 nitrogen and oxygen atoms in total. The van der Waals surface area contributed by atoms with E-state index in [0.29, 0.717) is 6.54 Å². The van der Waals surface area contributed by atoms with Crippen LogP contribution >= 0.6 is 0 Å². The summed E-state index contributed by atoms with van der Waals surface area (Å²) in [6, 6.07) is 16.5. The zero-order chi connectivity index (χ0) is 27.9. The zero-order valence-corrected chi connectivity index (χ0v) is 22.3. The van der Waals surface area contributed by atoms with Gasteiger partial charge in [-0.05, 0) is 36.2 Å². The molecule has 0 saturated heterocycles. The Morgan fingerprint density at radius 1 is 1.21 bits per heavy atom. The van der Waals surface area contributed by atoms with Crippen molar-refractivity contribution in [3.8, 4) is 5.88 Å². The van der Waals surface area contributed by atoms with Crippen molar-refractivity contribution in [2.24, 2.45) is 5.92 Å². The highest BCUT2D eigenvalue weighted by Crippen LogP contribution is 2.28. The summed E-state index contributed by atoms with van der Waals surface area (Å²) >= 11 is 0. The van der Waals surface area contributed by atoms with Gasteiger partial charge in [0.25, 0.3) is 5.91 Å². The third-order valence-electron chi connectivity index (χ3n) is 6.73. The highest BCUT2D eigenvalue weighted by Gasteiger charge is 2.34. The van der Waals surface area contributed by atoms with Gasteiger partial charge in [-0.3, -0.25) is 4.79 Å². The Morgan fingerprint density at radius 2 is 1.90 bits per heavy atom. The highest BCUT2D eigenvalue weighted by atomic mass is 19.1. The van der Waals surface area contributed by atoms with Gasteiger partial charge < -0.3 is 25.0 Å². The number of halogens is 1. The van der Waals surface area contributed by atoms with E-state index in [2.05, 4.69) is 10.3 Å². The first-order valence-electron chi connectivity index (χ1n) is 12.8. The van der Waals surface area contributed by atoms with Crippen LogP contribution in [0.3, 0.4) is 0 Å². The molecule has 0 saturated carbocycles. The molecular formula is C30H33FN4O4. The second-order valence-electron chi connectivity index (χ2n) is 9.78. The average molecular weight is 533 g/mol. The first-order chi connectivity index (χ1) is 18.8. The van der Waals surface area contributed by atoms with Gasteiger partial charge >= 0.3 is 6.03 Å². The minimum Gasteiger partial charge on any atom is -0.472 e. The fraction of sp³-hybridized carbons (Fsp3) is 0.300. The monoisotopic (exact) mass is 532 g/mol. The van der Waals surface area contributed by atoms with Gasteiger partial charge in [-0.2, -0.15) is 0 Å². The first kappa shape index (κ1) is 27.8. The predicted octanol–water partition coefficient (Wildman–Crippen LogP) is 4.78. The minimum atomic E-state index is -0.530. The molecule has 39 heavy (non-hydrogen) atoms. The van der Waals surface area contributed by atoms with E-state index in [9.17, 15) is 19.1 Å². The van der Waals surface area contributed by atoms with Crippen molar-refractivity contribution in [3.63, 3.8) is 0 Å². The van der Waals surface area contributed by atoms with Crippen LogP contribution in [0.15, 0.2) is 66.9 Å². The van der Waals surface area contributed by atoms with Crippen molar-refractivity contribution in [2.45, 2.75) is 26.0 Å². The number of aliphatic hydroxyl groups is 1. The fourth-order valence-corrected chi connectivity index (χ4v) is 4.31. The fourth-order valence-electron chi connectivity index (χ4n) is 4.31. The molecule has 0 fully saturated rings. The molecule has 2 heterocycles. The molecule has 0 aliphatic carbocycles. The lowest BCUT2D eigenvalue weighted by Gasteiger charge is -2.37. The molecule has 1 aliphatic heterocycles. The molecule has 4 rings (SSSR count). The van der Waals surface area contributed by atoms with Crippen molar-refractivity contribution in [1.29, 1.82) is 0 Å². The lowest BCUT2D eigenvalue weighted by atomic mass is 10.00. The highest BCUT2D eigenvalue weighted by molar-refractivity contribution is 5.97. The number of likely N-dealkylation sites (N-methyl/N-ethyl adjacent to an activating group) is 1. The van der Waals surface area contributed by atoms with E-state index in [0.717, 1.165) is 11.1 Å². The van der Waals surface area contributed by atoms with Crippen LogP contribution in [0.2, 0.25) is 0 Å². The molecule has 0 unspecified atom stereocenters. The molecule has 0 spiro atoms. The second-order valence-corrected chi connectivity index (χ2v) is 9.78. The molecule has 0 radical (unpaired) electrons. The van der Waals surface area contributed by atoms with E-state index in [4.69, 9.17) is 4.74 Å². The van der Waals surface area contributed by atoms with Gasteiger partial charge in [0.1, 0.15) is 17.5 Å². The number of benzene rings is 2. The van der Waals surface area contributed by atoms with E-state index >= 15 is 0 Å². The topological polar surface area (TPSA) is 95.0 Å². The van der Waals surface area contributed by atoms with Crippen molar-refractivity contribution in [2.75, 3.05) is 32.1 Å². The number of anilines is 1. The third-order valence-corrected chi connectivity index (χ3v) is 6.73. The summed E-state index contributed by atoms with van der Waals surface area (Å²) in [6.07, 6.45) is 4.90. The summed E-state index contributed by atoms with van der Waals surface area (Å²) in [5, 5.41) is 12.4. The van der Waals surface area contributed by atoms with E-state index in [1.165, 1.54) is 17.0 Å². The van der Waals surface area contributed by atoms with Gasteiger partial charge in [-0.1, -0.05) is 61.5 Å². The van der Waals surface area contributed by atoms with Crippen LogP contribution in [-0.4, -0.2) is 70.7 Å². The van der Waals surface area contributed by atoms with Crippen LogP contribution in [-0.2, 0) is 0 Å². The Balaban J connectivity index is 1.59. The number of amides is 3. The van der Waals surface area contributed by atoms with E-state index < -0.39 is 24.0 Å². The number of carbonyl (C=O) groups excluding carboxylic acids is 2. The Kier molecular flexibility index (Phi) is 8.93. The number of nitrogens with one attached hydrogen (secondary N) is 1. The summed E-state index contributed by atoms with van der Waals surface area (Å²) in [5.41, 5.74) is 2.09. The standard InChI is InChI=1S/C30H33FN4O4/c1-20-17-35(21(2)19-36)29(37)24-15-23(14-13-22-9-5-4-6-10-22)16-32-28(24)39-27(20)18-34(3)30(38)33-26-12-8-7-11-25(26)31/h4-16,20-21,27,36H,17-19H2,1-3H3,(H,33,38)/b14-13+/t20-,21+,27-/m1/s1. The van der Waals surface area contributed by atoms with Crippen LogP contribution in [0.1, 0.15) is 35.3 Å².